The lowest BCUT2D eigenvalue weighted by Crippen LogP contribution is -2.23. The van der Waals surface area contributed by atoms with Gasteiger partial charge in [-0.3, -0.25) is 9.78 Å². The molecule has 130 valence electrons. The van der Waals surface area contributed by atoms with E-state index in [2.05, 4.69) is 33.7 Å². The number of nitrogens with one attached hydrogen (secondary N) is 1. The highest BCUT2D eigenvalue weighted by Gasteiger charge is 2.15. The molecule has 4 rings (SSSR count). The largest absolute Gasteiger partial charge is 0.272 e. The molecule has 0 saturated heterocycles. The molecule has 26 heavy (non-hydrogen) atoms. The highest BCUT2D eigenvalue weighted by Crippen LogP contribution is 2.26. The van der Waals surface area contributed by atoms with Crippen LogP contribution in [0.25, 0.3) is 10.9 Å². The number of fused-ring (bicyclic) bond motifs is 2. The molecule has 0 aliphatic heterocycles. The van der Waals surface area contributed by atoms with Crippen LogP contribution in [-0.4, -0.2) is 22.4 Å². The van der Waals surface area contributed by atoms with Crippen molar-refractivity contribution in [3.63, 3.8) is 0 Å². The number of hydrogen-bond acceptors (Lipinski definition) is 4. The number of rotatable bonds is 4. The summed E-state index contributed by atoms with van der Waals surface area (Å²) in [5.41, 5.74) is 7.09. The summed E-state index contributed by atoms with van der Waals surface area (Å²) in [6.45, 7) is 0. The molecule has 1 heterocycles. The van der Waals surface area contributed by atoms with Crippen LogP contribution in [0.15, 0.2) is 70.8 Å². The van der Waals surface area contributed by atoms with Crippen LogP contribution < -0.4 is 5.43 Å². The van der Waals surface area contributed by atoms with Crippen LogP contribution in [0.5, 0.6) is 0 Å². The number of thioether (sulfide) groups is 1. The van der Waals surface area contributed by atoms with E-state index in [0.717, 1.165) is 46.3 Å². The van der Waals surface area contributed by atoms with Gasteiger partial charge in [0.15, 0.2) is 0 Å². The van der Waals surface area contributed by atoms with Gasteiger partial charge in [0.05, 0.1) is 17.0 Å². The Kier molecular flexibility index (Phi) is 4.97. The van der Waals surface area contributed by atoms with Gasteiger partial charge in [-0.05, 0) is 37.0 Å². The minimum atomic E-state index is -0.0986. The second-order valence-electron chi connectivity index (χ2n) is 6.22. The maximum absolute atomic E-state index is 12.2. The molecule has 0 spiro atoms. The van der Waals surface area contributed by atoms with Crippen molar-refractivity contribution in [3.8, 4) is 0 Å². The lowest BCUT2D eigenvalue weighted by molar-refractivity contribution is -0.118. The smallest absolute Gasteiger partial charge is 0.250 e. The molecule has 0 bridgehead atoms. The average molecular weight is 361 g/mol. The van der Waals surface area contributed by atoms with Gasteiger partial charge in [-0.25, -0.2) is 5.43 Å². The van der Waals surface area contributed by atoms with Crippen molar-refractivity contribution in [3.05, 3.63) is 71.9 Å². The topological polar surface area (TPSA) is 54.4 Å². The van der Waals surface area contributed by atoms with E-state index in [1.54, 1.807) is 6.20 Å². The van der Waals surface area contributed by atoms with Gasteiger partial charge in [0, 0.05) is 22.0 Å². The monoisotopic (exact) mass is 361 g/mol. The number of carbonyl (C=O) groups excluding carboxylic acids is 1. The molecule has 1 aliphatic rings. The average Bonchev–Trinajstić information content (AvgIpc) is 2.70. The molecule has 0 fully saturated rings. The number of amides is 1. The second-order valence-corrected chi connectivity index (χ2v) is 7.24. The summed E-state index contributed by atoms with van der Waals surface area (Å²) in [4.78, 5) is 17.7. The first kappa shape index (κ1) is 16.8. The highest BCUT2D eigenvalue weighted by atomic mass is 32.2. The molecule has 5 heteroatoms. The maximum Gasteiger partial charge on any atom is 0.250 e. The van der Waals surface area contributed by atoms with E-state index in [1.807, 2.05) is 36.4 Å². The number of para-hydroxylation sites is 1. The van der Waals surface area contributed by atoms with Gasteiger partial charge in [-0.15, -0.1) is 11.8 Å². The standard InChI is InChI=1S/C21H19N3OS/c25-20(14-26-19-12-4-8-16-9-5-13-22-21(16)19)24-23-18-11-3-7-15-6-1-2-10-17(15)18/h1-2,4-6,8-10,12-13H,3,7,11,14H2,(H,24,25). The summed E-state index contributed by atoms with van der Waals surface area (Å²) in [6.07, 6.45) is 4.83. The number of aromatic nitrogens is 1. The fraction of sp³-hybridized carbons (Fsp3) is 0.190. The van der Waals surface area contributed by atoms with E-state index >= 15 is 0 Å². The zero-order chi connectivity index (χ0) is 17.8. The zero-order valence-corrected chi connectivity index (χ0v) is 15.1. The first-order valence-electron chi connectivity index (χ1n) is 8.71. The van der Waals surface area contributed by atoms with Crippen LogP contribution in [0.1, 0.15) is 24.0 Å². The first-order valence-corrected chi connectivity index (χ1v) is 9.70. The Morgan fingerprint density at radius 2 is 1.96 bits per heavy atom. The first-order chi connectivity index (χ1) is 12.8. The Morgan fingerprint density at radius 3 is 2.92 bits per heavy atom. The molecule has 1 N–H and O–H groups in total. The lowest BCUT2D eigenvalue weighted by atomic mass is 9.90. The number of hydrogen-bond donors (Lipinski definition) is 1. The van der Waals surface area contributed by atoms with Crippen molar-refractivity contribution < 1.29 is 4.79 Å². The number of pyridine rings is 1. The molecular weight excluding hydrogens is 342 g/mol. The number of carbonyl (C=O) groups is 1. The number of nitrogens with zero attached hydrogens (tertiary/aromatic N) is 2. The molecule has 4 nitrogen and oxygen atoms in total. The van der Waals surface area contributed by atoms with Gasteiger partial charge in [0.1, 0.15) is 0 Å². The van der Waals surface area contributed by atoms with Crippen LogP contribution in [0.3, 0.4) is 0 Å². The highest BCUT2D eigenvalue weighted by molar-refractivity contribution is 8.00. The molecule has 0 unspecified atom stereocenters. The third-order valence-corrected chi connectivity index (χ3v) is 5.50. The Bertz CT molecular complexity index is 978. The normalized spacial score (nSPS) is 15.0. The number of hydrazone groups is 1. The predicted molar refractivity (Wildman–Crippen MR) is 107 cm³/mol. The third kappa shape index (κ3) is 3.63. The molecule has 0 radical (unpaired) electrons. The van der Waals surface area contributed by atoms with Crippen molar-refractivity contribution in [2.75, 3.05) is 5.75 Å². The molecule has 1 aliphatic carbocycles. The van der Waals surface area contributed by atoms with E-state index in [1.165, 1.54) is 17.3 Å². The third-order valence-electron chi connectivity index (χ3n) is 4.46. The molecule has 0 saturated carbocycles. The van der Waals surface area contributed by atoms with Crippen molar-refractivity contribution in [1.29, 1.82) is 0 Å². The summed E-state index contributed by atoms with van der Waals surface area (Å²) >= 11 is 1.49. The van der Waals surface area contributed by atoms with Gasteiger partial charge in [0.25, 0.3) is 0 Å². The fourth-order valence-corrected chi connectivity index (χ4v) is 4.05. The van der Waals surface area contributed by atoms with Crippen LogP contribution in [0.2, 0.25) is 0 Å². The molecule has 0 atom stereocenters. The predicted octanol–water partition coefficient (Wildman–Crippen LogP) is 4.18. The van der Waals surface area contributed by atoms with Crippen LogP contribution in [0.4, 0.5) is 0 Å². The summed E-state index contributed by atoms with van der Waals surface area (Å²) in [6, 6.07) is 18.2. The van der Waals surface area contributed by atoms with E-state index in [-0.39, 0.29) is 5.91 Å². The Labute approximate surface area is 156 Å². The van der Waals surface area contributed by atoms with Gasteiger partial charge < -0.3 is 0 Å². The van der Waals surface area contributed by atoms with E-state index in [0.29, 0.717) is 5.75 Å². The minimum Gasteiger partial charge on any atom is -0.272 e. The van der Waals surface area contributed by atoms with Crippen LogP contribution >= 0.6 is 11.8 Å². The van der Waals surface area contributed by atoms with Gasteiger partial charge in [-0.1, -0.05) is 42.5 Å². The Hall–Kier alpha value is -2.66. The Balaban J connectivity index is 1.42. The fourth-order valence-electron chi connectivity index (χ4n) is 3.22. The summed E-state index contributed by atoms with van der Waals surface area (Å²) in [5, 5.41) is 5.47. The number of benzene rings is 2. The SMILES string of the molecule is O=C(CSc1cccc2cccnc12)NN=C1CCCc2ccccc21. The molecule has 1 aromatic heterocycles. The van der Waals surface area contributed by atoms with Crippen LogP contribution in [0, 0.1) is 0 Å². The van der Waals surface area contributed by atoms with Crippen molar-refractivity contribution in [1.82, 2.24) is 10.4 Å². The van der Waals surface area contributed by atoms with E-state index in [4.69, 9.17) is 0 Å². The van der Waals surface area contributed by atoms with Gasteiger partial charge >= 0.3 is 0 Å². The van der Waals surface area contributed by atoms with Crippen LogP contribution in [-0.2, 0) is 11.2 Å². The summed E-state index contributed by atoms with van der Waals surface area (Å²) < 4.78 is 0. The molecular formula is C21H19N3OS. The van der Waals surface area contributed by atoms with Crippen molar-refractivity contribution >= 4 is 34.3 Å². The zero-order valence-electron chi connectivity index (χ0n) is 14.3. The Morgan fingerprint density at radius 1 is 1.08 bits per heavy atom. The quantitative estimate of drug-likeness (QED) is 0.560. The van der Waals surface area contributed by atoms with E-state index in [9.17, 15) is 4.79 Å². The number of aryl methyl sites for hydroxylation is 1. The second kappa shape index (κ2) is 7.70. The van der Waals surface area contributed by atoms with E-state index < -0.39 is 0 Å². The van der Waals surface area contributed by atoms with Gasteiger partial charge in [0.2, 0.25) is 5.91 Å². The molecule has 2 aromatic carbocycles. The maximum atomic E-state index is 12.2. The summed E-state index contributed by atoms with van der Waals surface area (Å²) in [5.74, 6) is 0.215. The van der Waals surface area contributed by atoms with Gasteiger partial charge in [-0.2, -0.15) is 5.10 Å². The van der Waals surface area contributed by atoms with Crippen molar-refractivity contribution in [2.45, 2.75) is 24.2 Å². The lowest BCUT2D eigenvalue weighted by Gasteiger charge is -2.17. The summed E-state index contributed by atoms with van der Waals surface area (Å²) in [7, 11) is 0. The molecule has 1 amide bonds. The minimum absolute atomic E-state index is 0.0986. The molecule has 3 aromatic rings. The van der Waals surface area contributed by atoms with Crippen molar-refractivity contribution in [2.24, 2.45) is 5.10 Å².